The highest BCUT2D eigenvalue weighted by Crippen LogP contribution is 2.55. The van der Waals surface area contributed by atoms with Gasteiger partial charge in [0.1, 0.15) is 0 Å². The summed E-state index contributed by atoms with van der Waals surface area (Å²) in [7, 11) is 0. The Hall–Kier alpha value is -2.66. The molecule has 34 heavy (non-hydrogen) atoms. The second-order valence-electron chi connectivity index (χ2n) is 10.7. The molecule has 0 aliphatic heterocycles. The molecule has 0 bridgehead atoms. The molecule has 2 aromatic carbocycles. The normalized spacial score (nSPS) is 31.7. The van der Waals surface area contributed by atoms with Gasteiger partial charge in [-0.1, -0.05) is 69.3 Å². The van der Waals surface area contributed by atoms with E-state index in [1.165, 1.54) is 0 Å². The monoisotopic (exact) mass is 462 g/mol. The average molecular weight is 463 g/mol. The summed E-state index contributed by atoms with van der Waals surface area (Å²) in [5.41, 5.74) is 1.76. The Labute approximate surface area is 203 Å². The molecule has 0 heterocycles. The molecule has 2 saturated carbocycles. The van der Waals surface area contributed by atoms with E-state index < -0.39 is 6.10 Å². The minimum atomic E-state index is -0.567. The van der Waals surface area contributed by atoms with E-state index in [0.717, 1.165) is 31.2 Å². The van der Waals surface area contributed by atoms with Crippen molar-refractivity contribution >= 4 is 11.8 Å². The molecular formula is C29H38N2O3. The first kappa shape index (κ1) is 24.5. The first-order valence-electron chi connectivity index (χ1n) is 12.7. The Bertz CT molecular complexity index is 979. The fraction of sp³-hybridized carbons (Fsp3) is 0.517. The van der Waals surface area contributed by atoms with Gasteiger partial charge >= 0.3 is 0 Å². The number of amides is 2. The van der Waals surface area contributed by atoms with Gasteiger partial charge in [0.25, 0.3) is 5.91 Å². The van der Waals surface area contributed by atoms with Crippen molar-refractivity contribution in [2.24, 2.45) is 29.1 Å². The summed E-state index contributed by atoms with van der Waals surface area (Å²) in [6.07, 6.45) is 3.17. The Morgan fingerprint density at radius 3 is 2.32 bits per heavy atom. The number of hydrogen-bond donors (Lipinski definition) is 3. The molecule has 2 aliphatic carbocycles. The number of benzene rings is 2. The van der Waals surface area contributed by atoms with Gasteiger partial charge in [-0.05, 0) is 66.5 Å². The molecule has 2 amide bonds. The van der Waals surface area contributed by atoms with Gasteiger partial charge in [-0.3, -0.25) is 9.59 Å². The lowest BCUT2D eigenvalue weighted by Crippen LogP contribution is -2.58. The molecule has 0 aromatic heterocycles. The number of rotatable bonds is 6. The van der Waals surface area contributed by atoms with Crippen LogP contribution in [0.15, 0.2) is 60.7 Å². The maximum Gasteiger partial charge on any atom is 0.251 e. The zero-order valence-electron chi connectivity index (χ0n) is 20.5. The number of aliphatic hydroxyl groups excluding tert-OH is 1. The Morgan fingerprint density at radius 1 is 1.03 bits per heavy atom. The summed E-state index contributed by atoms with van der Waals surface area (Å²) in [5.74, 6) is -0.241. The van der Waals surface area contributed by atoms with E-state index in [9.17, 15) is 14.7 Å². The second-order valence-corrected chi connectivity index (χ2v) is 10.7. The highest BCUT2D eigenvalue weighted by molar-refractivity contribution is 5.94. The molecule has 5 nitrogen and oxygen atoms in total. The molecule has 182 valence electrons. The molecule has 5 heteroatoms. The molecule has 0 saturated heterocycles. The van der Waals surface area contributed by atoms with Crippen molar-refractivity contribution in [3.63, 3.8) is 0 Å². The largest absolute Gasteiger partial charge is 0.392 e. The minimum absolute atomic E-state index is 0.00565. The van der Waals surface area contributed by atoms with E-state index in [1.54, 1.807) is 0 Å². The summed E-state index contributed by atoms with van der Waals surface area (Å²) in [6.45, 7) is 6.88. The maximum absolute atomic E-state index is 13.0. The highest BCUT2D eigenvalue weighted by Gasteiger charge is 2.53. The topological polar surface area (TPSA) is 78.4 Å². The lowest BCUT2D eigenvalue weighted by atomic mass is 9.51. The molecule has 7 atom stereocenters. The minimum Gasteiger partial charge on any atom is -0.392 e. The van der Waals surface area contributed by atoms with Gasteiger partial charge in [0.15, 0.2) is 0 Å². The van der Waals surface area contributed by atoms with Crippen molar-refractivity contribution in [1.82, 2.24) is 10.6 Å². The fourth-order valence-electron chi connectivity index (χ4n) is 6.48. The maximum atomic E-state index is 13.0. The number of aliphatic hydroxyl groups is 1. The molecule has 1 unspecified atom stereocenters. The molecular weight excluding hydrogens is 424 g/mol. The van der Waals surface area contributed by atoms with Crippen LogP contribution in [-0.2, 0) is 11.3 Å². The van der Waals surface area contributed by atoms with E-state index in [4.69, 9.17) is 0 Å². The molecule has 2 fully saturated rings. The van der Waals surface area contributed by atoms with E-state index in [2.05, 4.69) is 24.5 Å². The third-order valence-electron chi connectivity index (χ3n) is 8.61. The zero-order chi connectivity index (χ0) is 24.3. The van der Waals surface area contributed by atoms with Gasteiger partial charge in [0, 0.05) is 24.1 Å². The van der Waals surface area contributed by atoms with Crippen molar-refractivity contribution < 1.29 is 14.7 Å². The van der Waals surface area contributed by atoms with Crippen LogP contribution < -0.4 is 10.6 Å². The highest BCUT2D eigenvalue weighted by atomic mass is 16.3. The average Bonchev–Trinajstić information content (AvgIpc) is 2.85. The van der Waals surface area contributed by atoms with Crippen LogP contribution in [0, 0.1) is 29.1 Å². The standard InChI is InChI=1S/C29H38N2O3/c1-19(27(33)30-18-21-10-6-4-7-11-21)23-14-16-29(3)17-15-24(20(2)25(29)26(23)32)31-28(34)22-12-8-5-9-13-22/h4-13,19-20,23-26,32H,14-18H2,1-3H3,(H,30,33)(H,31,34)/t19-,20+,23?,24-,25+,26-,29-/m0/s1. The number of hydrogen-bond acceptors (Lipinski definition) is 3. The van der Waals surface area contributed by atoms with Crippen LogP contribution >= 0.6 is 0 Å². The van der Waals surface area contributed by atoms with Crippen molar-refractivity contribution in [3.8, 4) is 0 Å². The quantitative estimate of drug-likeness (QED) is 0.589. The molecule has 3 N–H and O–H groups in total. The lowest BCUT2D eigenvalue weighted by molar-refractivity contribution is -0.142. The van der Waals surface area contributed by atoms with Crippen molar-refractivity contribution in [3.05, 3.63) is 71.8 Å². The Balaban J connectivity index is 1.42. The van der Waals surface area contributed by atoms with E-state index >= 15 is 0 Å². The number of carbonyl (C=O) groups excluding carboxylic acids is 2. The molecule has 4 rings (SSSR count). The van der Waals surface area contributed by atoms with Crippen molar-refractivity contribution in [1.29, 1.82) is 0 Å². The SMILES string of the molecule is C[C@H]1[C@@H]2[C@@H](O)C([C@H](C)C(=O)NCc3ccccc3)CC[C@@]2(C)CC[C@@H]1NC(=O)c1ccccc1. The van der Waals surface area contributed by atoms with E-state index in [0.29, 0.717) is 12.1 Å². The molecule has 0 spiro atoms. The van der Waals surface area contributed by atoms with Gasteiger partial charge in [-0.15, -0.1) is 0 Å². The van der Waals surface area contributed by atoms with E-state index in [1.807, 2.05) is 67.6 Å². The molecule has 2 aromatic rings. The number of nitrogens with one attached hydrogen (secondary N) is 2. The van der Waals surface area contributed by atoms with Crippen molar-refractivity contribution in [2.75, 3.05) is 0 Å². The van der Waals surface area contributed by atoms with Crippen LogP contribution in [0.2, 0.25) is 0 Å². The smallest absolute Gasteiger partial charge is 0.251 e. The van der Waals surface area contributed by atoms with Gasteiger partial charge in [-0.2, -0.15) is 0 Å². The van der Waals surface area contributed by atoms with Gasteiger partial charge in [-0.25, -0.2) is 0 Å². The van der Waals surface area contributed by atoms with Crippen LogP contribution in [-0.4, -0.2) is 29.1 Å². The Morgan fingerprint density at radius 2 is 1.65 bits per heavy atom. The zero-order valence-corrected chi connectivity index (χ0v) is 20.5. The first-order valence-corrected chi connectivity index (χ1v) is 12.7. The Kier molecular flexibility index (Phi) is 7.42. The van der Waals surface area contributed by atoms with Crippen LogP contribution in [0.3, 0.4) is 0 Å². The predicted molar refractivity (Wildman–Crippen MR) is 134 cm³/mol. The first-order chi connectivity index (χ1) is 16.3. The third kappa shape index (κ3) is 5.05. The summed E-state index contributed by atoms with van der Waals surface area (Å²) in [5, 5.41) is 17.9. The summed E-state index contributed by atoms with van der Waals surface area (Å²) in [6, 6.07) is 19.2. The number of carbonyl (C=O) groups is 2. The van der Waals surface area contributed by atoms with Crippen LogP contribution in [0.1, 0.15) is 62.4 Å². The summed E-state index contributed by atoms with van der Waals surface area (Å²) < 4.78 is 0. The van der Waals surface area contributed by atoms with Crippen molar-refractivity contribution in [2.45, 2.75) is 65.1 Å². The van der Waals surface area contributed by atoms with Crippen LogP contribution in [0.4, 0.5) is 0 Å². The van der Waals surface area contributed by atoms with Gasteiger partial charge < -0.3 is 15.7 Å². The van der Waals surface area contributed by atoms with Gasteiger partial charge in [0.2, 0.25) is 5.91 Å². The number of fused-ring (bicyclic) bond motifs is 1. The summed E-state index contributed by atoms with van der Waals surface area (Å²) in [4.78, 5) is 25.8. The fourth-order valence-corrected chi connectivity index (χ4v) is 6.48. The molecule has 0 radical (unpaired) electrons. The third-order valence-corrected chi connectivity index (χ3v) is 8.61. The van der Waals surface area contributed by atoms with Crippen LogP contribution in [0.5, 0.6) is 0 Å². The predicted octanol–water partition coefficient (Wildman–Crippen LogP) is 4.56. The van der Waals surface area contributed by atoms with E-state index in [-0.39, 0.29) is 46.9 Å². The molecule has 2 aliphatic rings. The van der Waals surface area contributed by atoms with Gasteiger partial charge in [0.05, 0.1) is 6.10 Å². The lowest BCUT2D eigenvalue weighted by Gasteiger charge is -2.56. The summed E-state index contributed by atoms with van der Waals surface area (Å²) >= 11 is 0. The van der Waals surface area contributed by atoms with Crippen LogP contribution in [0.25, 0.3) is 0 Å². The second kappa shape index (κ2) is 10.3.